The van der Waals surface area contributed by atoms with E-state index in [1.165, 1.54) is 32.1 Å². The van der Waals surface area contributed by atoms with Gasteiger partial charge in [0.25, 0.3) is 5.91 Å². The number of carboxylic acid groups (broad SMARTS) is 1. The van der Waals surface area contributed by atoms with Crippen LogP contribution in [0.2, 0.25) is 10.0 Å². The summed E-state index contributed by atoms with van der Waals surface area (Å²) in [4.78, 5) is 28.6. The third kappa shape index (κ3) is 7.40. The largest absolute Gasteiger partial charge is 0.465 e. The predicted molar refractivity (Wildman–Crippen MR) is 149 cm³/mol. The monoisotopic (exact) mass is 545 g/mol. The fourth-order valence-corrected chi connectivity index (χ4v) is 6.61. The Morgan fingerprint density at radius 2 is 1.49 bits per heavy atom. The Morgan fingerprint density at radius 3 is 2.00 bits per heavy atom. The Balaban J connectivity index is 0.000000572. The molecule has 2 amide bonds. The molecule has 3 aliphatic rings. The van der Waals surface area contributed by atoms with Crippen LogP contribution in [0.25, 0.3) is 0 Å². The first kappa shape index (κ1) is 27.7. The lowest BCUT2D eigenvalue weighted by molar-refractivity contribution is 0.0774. The maximum atomic E-state index is 13.1. The number of fused-ring (bicyclic) bond motifs is 1. The zero-order valence-electron chi connectivity index (χ0n) is 21.5. The zero-order valence-corrected chi connectivity index (χ0v) is 23.0. The quantitative estimate of drug-likeness (QED) is 0.425. The van der Waals surface area contributed by atoms with Crippen LogP contribution in [0.3, 0.4) is 0 Å². The van der Waals surface area contributed by atoms with Gasteiger partial charge in [0.2, 0.25) is 0 Å². The molecule has 3 fully saturated rings. The molecule has 3 atom stereocenters. The normalized spacial score (nSPS) is 21.8. The minimum atomic E-state index is -1.01. The first-order valence-corrected chi connectivity index (χ1v) is 14.1. The van der Waals surface area contributed by atoms with Gasteiger partial charge >= 0.3 is 6.09 Å². The van der Waals surface area contributed by atoms with E-state index in [0.717, 1.165) is 30.8 Å². The van der Waals surface area contributed by atoms with E-state index in [1.807, 2.05) is 42.2 Å². The molecule has 0 bridgehead atoms. The van der Waals surface area contributed by atoms with E-state index in [9.17, 15) is 14.7 Å². The van der Waals surface area contributed by atoms with Crippen molar-refractivity contribution >= 4 is 35.2 Å². The number of aryl methyl sites for hydroxylation is 1. The predicted octanol–water partition coefficient (Wildman–Crippen LogP) is 6.66. The number of nitrogens with one attached hydrogen (secondary N) is 1. The van der Waals surface area contributed by atoms with Crippen molar-refractivity contribution in [3.63, 3.8) is 0 Å². The highest BCUT2D eigenvalue weighted by Crippen LogP contribution is 2.35. The summed E-state index contributed by atoms with van der Waals surface area (Å²) in [5.41, 5.74) is 2.29. The van der Waals surface area contributed by atoms with Crippen LogP contribution in [0.5, 0.6) is 0 Å². The molecule has 2 aromatic carbocycles. The molecule has 1 saturated carbocycles. The van der Waals surface area contributed by atoms with Crippen molar-refractivity contribution in [3.8, 4) is 0 Å². The van der Waals surface area contributed by atoms with Gasteiger partial charge in [0, 0.05) is 32.7 Å². The molecule has 1 aliphatic carbocycles. The average molecular weight is 547 g/mol. The molecule has 0 radical (unpaired) electrons. The van der Waals surface area contributed by atoms with Gasteiger partial charge in [-0.1, -0.05) is 85.6 Å². The van der Waals surface area contributed by atoms with Crippen LogP contribution in [0.4, 0.5) is 4.79 Å². The highest BCUT2D eigenvalue weighted by atomic mass is 35.5. The number of carbonyl (C=O) groups is 2. The number of nitrogens with zero attached hydrogens (tertiary/aromatic N) is 2. The van der Waals surface area contributed by atoms with Crippen LogP contribution in [-0.4, -0.2) is 59.6 Å². The van der Waals surface area contributed by atoms with Crippen LogP contribution in [0.15, 0.2) is 42.5 Å². The number of hydrogen-bond donors (Lipinski definition) is 2. The number of amides is 2. The number of halogens is 2. The third-order valence-electron chi connectivity index (χ3n) is 7.73. The van der Waals surface area contributed by atoms with Crippen molar-refractivity contribution in [2.45, 2.75) is 51.5 Å². The van der Waals surface area contributed by atoms with E-state index in [4.69, 9.17) is 23.2 Å². The lowest BCUT2D eigenvalue weighted by atomic mass is 10.0. The van der Waals surface area contributed by atoms with Gasteiger partial charge in [0.1, 0.15) is 0 Å². The van der Waals surface area contributed by atoms with Crippen LogP contribution in [0.1, 0.15) is 66.1 Å². The summed E-state index contributed by atoms with van der Waals surface area (Å²) in [5, 5.41) is 12.7. The molecule has 5 rings (SSSR count). The molecule has 0 aromatic heterocycles. The fourth-order valence-electron chi connectivity index (χ4n) is 5.85. The van der Waals surface area contributed by atoms with Crippen molar-refractivity contribution in [1.82, 2.24) is 15.1 Å². The van der Waals surface area contributed by atoms with Crippen molar-refractivity contribution < 1.29 is 14.7 Å². The summed E-state index contributed by atoms with van der Waals surface area (Å²) < 4.78 is 0. The molecule has 0 spiro atoms. The lowest BCUT2D eigenvalue weighted by Gasteiger charge is -2.24. The smallest absolute Gasteiger partial charge is 0.405 e. The van der Waals surface area contributed by atoms with Gasteiger partial charge in [0.05, 0.1) is 21.7 Å². The van der Waals surface area contributed by atoms with Crippen LogP contribution in [-0.2, 0) is 0 Å². The number of likely N-dealkylation sites (tertiary alicyclic amines) is 2. The van der Waals surface area contributed by atoms with Gasteiger partial charge in [-0.25, -0.2) is 4.79 Å². The molecule has 8 heteroatoms. The van der Waals surface area contributed by atoms with E-state index in [-0.39, 0.29) is 11.9 Å². The van der Waals surface area contributed by atoms with Crippen molar-refractivity contribution in [3.05, 3.63) is 69.2 Å². The number of hydrogen-bond acceptors (Lipinski definition) is 3. The summed E-state index contributed by atoms with van der Waals surface area (Å²) >= 11 is 12.6. The molecule has 2 aliphatic heterocycles. The molecule has 37 heavy (non-hydrogen) atoms. The highest BCUT2D eigenvalue weighted by Gasteiger charge is 2.42. The standard InChI is InChI=1S/C24H27Cl2N3O3.C5H10/c1-15-9-19(25)22(20(26)10-15)23(30)29-13-17-11-28(12-18(17)14-29)8-7-21(27-24(31)32)16-5-3-2-4-6-16;1-2-4-5-3-1/h2-6,9-10,17-18,21,27H,7-8,11-14H2,1H3,(H,31,32);1-5H2/t17-,18?,21?;/m0./s1. The fraction of sp³-hybridized carbons (Fsp3) is 0.517. The van der Waals surface area contributed by atoms with Crippen LogP contribution >= 0.6 is 23.2 Å². The average Bonchev–Trinajstić information content (AvgIpc) is 3.61. The molecule has 2 N–H and O–H groups in total. The lowest BCUT2D eigenvalue weighted by Crippen LogP contribution is -2.35. The molecule has 6 nitrogen and oxygen atoms in total. The van der Waals surface area contributed by atoms with Gasteiger partial charge < -0.3 is 20.2 Å². The van der Waals surface area contributed by atoms with E-state index in [2.05, 4.69) is 10.2 Å². The van der Waals surface area contributed by atoms with E-state index >= 15 is 0 Å². The topological polar surface area (TPSA) is 72.9 Å². The maximum absolute atomic E-state index is 13.1. The Labute approximate surface area is 229 Å². The molecule has 2 aromatic rings. The Kier molecular flexibility index (Phi) is 9.74. The summed E-state index contributed by atoms with van der Waals surface area (Å²) in [6, 6.07) is 13.0. The molecule has 2 unspecified atom stereocenters. The molecule has 2 saturated heterocycles. The number of carbonyl (C=O) groups excluding carboxylic acids is 1. The van der Waals surface area contributed by atoms with Gasteiger partial charge in [-0.05, 0) is 48.4 Å². The molecular formula is C29H37Cl2N3O3. The van der Waals surface area contributed by atoms with Gasteiger partial charge in [-0.3, -0.25) is 4.79 Å². The van der Waals surface area contributed by atoms with E-state index in [1.54, 1.807) is 12.1 Å². The minimum Gasteiger partial charge on any atom is -0.465 e. The number of rotatable bonds is 6. The third-order valence-corrected chi connectivity index (χ3v) is 8.33. The van der Waals surface area contributed by atoms with E-state index in [0.29, 0.717) is 47.0 Å². The van der Waals surface area contributed by atoms with Gasteiger partial charge in [-0.2, -0.15) is 0 Å². The second-order valence-corrected chi connectivity index (χ2v) is 11.4. The first-order valence-electron chi connectivity index (χ1n) is 13.3. The molecule has 200 valence electrons. The summed E-state index contributed by atoms with van der Waals surface area (Å²) in [5.74, 6) is 0.713. The van der Waals surface area contributed by atoms with E-state index < -0.39 is 6.09 Å². The minimum absolute atomic E-state index is 0.101. The first-order chi connectivity index (χ1) is 17.8. The zero-order chi connectivity index (χ0) is 26.4. The Bertz CT molecular complexity index is 1030. The second-order valence-electron chi connectivity index (χ2n) is 10.6. The van der Waals surface area contributed by atoms with Gasteiger partial charge in [-0.15, -0.1) is 0 Å². The second kappa shape index (κ2) is 13.0. The molecule has 2 heterocycles. The molecular weight excluding hydrogens is 509 g/mol. The Morgan fingerprint density at radius 1 is 0.946 bits per heavy atom. The van der Waals surface area contributed by atoms with Crippen LogP contribution in [0, 0.1) is 18.8 Å². The number of benzene rings is 2. The SMILES string of the molecule is C1CCCC1.Cc1cc(Cl)c(C(=O)N2CC3CN(CCC(NC(=O)O)c4ccccc4)C[C@H]3C2)c(Cl)c1. The van der Waals surface area contributed by atoms with Gasteiger partial charge in [0.15, 0.2) is 0 Å². The summed E-state index contributed by atoms with van der Waals surface area (Å²) in [6.45, 7) is 5.88. The summed E-state index contributed by atoms with van der Waals surface area (Å²) in [7, 11) is 0. The Hall–Kier alpha value is -2.28. The van der Waals surface area contributed by atoms with Crippen LogP contribution < -0.4 is 5.32 Å². The highest BCUT2D eigenvalue weighted by molar-refractivity contribution is 6.39. The maximum Gasteiger partial charge on any atom is 0.405 e. The van der Waals surface area contributed by atoms with Crippen molar-refractivity contribution in [2.24, 2.45) is 11.8 Å². The summed E-state index contributed by atoms with van der Waals surface area (Å²) in [6.07, 6.45) is 7.19. The van der Waals surface area contributed by atoms with Crippen molar-refractivity contribution in [2.75, 3.05) is 32.7 Å². The van der Waals surface area contributed by atoms with Crippen molar-refractivity contribution in [1.29, 1.82) is 0 Å².